The Labute approximate surface area is 94.9 Å². The first-order valence-corrected chi connectivity index (χ1v) is 5.50. The van der Waals surface area contributed by atoms with Crippen molar-refractivity contribution in [3.63, 3.8) is 0 Å². The minimum absolute atomic E-state index is 0.341. The number of rotatable bonds is 1. The minimum Gasteiger partial charge on any atom is -0.207 e. The van der Waals surface area contributed by atoms with Gasteiger partial charge in [-0.15, -0.1) is 11.3 Å². The Morgan fingerprint density at radius 2 is 1.86 bits per heavy atom. The second-order valence-electron chi connectivity index (χ2n) is 2.72. The highest BCUT2D eigenvalue weighted by molar-refractivity contribution is 7.14. The van der Waals surface area contributed by atoms with Crippen molar-refractivity contribution < 1.29 is 4.39 Å². The van der Waals surface area contributed by atoms with Crippen LogP contribution in [-0.4, -0.2) is 0 Å². The summed E-state index contributed by atoms with van der Waals surface area (Å²) in [5, 5.41) is 2.90. The Morgan fingerprint density at radius 1 is 1.07 bits per heavy atom. The molecule has 1 heterocycles. The van der Waals surface area contributed by atoms with E-state index in [1.165, 1.54) is 23.5 Å². The van der Waals surface area contributed by atoms with Gasteiger partial charge in [0.2, 0.25) is 0 Å². The van der Waals surface area contributed by atoms with Gasteiger partial charge in [0, 0.05) is 5.56 Å². The van der Waals surface area contributed by atoms with Crippen molar-refractivity contribution in [2.24, 2.45) is 0 Å². The van der Waals surface area contributed by atoms with Crippen LogP contribution in [0.1, 0.15) is 0 Å². The van der Waals surface area contributed by atoms with Crippen molar-refractivity contribution in [1.82, 2.24) is 0 Å². The fourth-order valence-electron chi connectivity index (χ4n) is 1.16. The van der Waals surface area contributed by atoms with Crippen LogP contribution in [0.4, 0.5) is 4.39 Å². The van der Waals surface area contributed by atoms with Crippen molar-refractivity contribution in [3.8, 4) is 10.4 Å². The molecule has 0 atom stereocenters. The van der Waals surface area contributed by atoms with E-state index < -0.39 is 0 Å². The average molecular weight is 247 g/mol. The predicted octanol–water partition coefficient (Wildman–Crippen LogP) is 4.86. The molecule has 0 aliphatic heterocycles. The third-order valence-corrected chi connectivity index (χ3v) is 3.48. The van der Waals surface area contributed by atoms with E-state index in [1.807, 2.05) is 5.38 Å². The maximum Gasteiger partial charge on any atom is 0.124 e. The van der Waals surface area contributed by atoms with Crippen LogP contribution in [-0.2, 0) is 0 Å². The normalized spacial score (nSPS) is 10.5. The van der Waals surface area contributed by atoms with Crippen molar-refractivity contribution in [2.75, 3.05) is 0 Å². The standard InChI is InChI=1S/C10H5Cl2FS/c11-8-3-4-14-10(8)7-2-1-6(13)5-9(7)12/h1-5H. The summed E-state index contributed by atoms with van der Waals surface area (Å²) in [4.78, 5) is 0.872. The highest BCUT2D eigenvalue weighted by Crippen LogP contribution is 2.37. The number of benzene rings is 1. The zero-order valence-corrected chi connectivity index (χ0v) is 9.26. The lowest BCUT2D eigenvalue weighted by Crippen LogP contribution is -1.78. The maximum atomic E-state index is 12.8. The molecule has 0 unspecified atom stereocenters. The van der Waals surface area contributed by atoms with Crippen LogP contribution in [0.5, 0.6) is 0 Å². The van der Waals surface area contributed by atoms with E-state index >= 15 is 0 Å². The van der Waals surface area contributed by atoms with Gasteiger partial charge in [0.1, 0.15) is 5.82 Å². The molecule has 0 saturated heterocycles. The molecular weight excluding hydrogens is 242 g/mol. The summed E-state index contributed by atoms with van der Waals surface area (Å²) in [5.41, 5.74) is 0.771. The van der Waals surface area contributed by atoms with Crippen LogP contribution in [0.25, 0.3) is 10.4 Å². The van der Waals surface area contributed by atoms with E-state index in [-0.39, 0.29) is 5.82 Å². The zero-order valence-electron chi connectivity index (χ0n) is 6.93. The summed E-state index contributed by atoms with van der Waals surface area (Å²) < 4.78 is 12.8. The van der Waals surface area contributed by atoms with Gasteiger partial charge in [-0.25, -0.2) is 4.39 Å². The molecule has 0 nitrogen and oxygen atoms in total. The monoisotopic (exact) mass is 246 g/mol. The molecule has 2 rings (SSSR count). The van der Waals surface area contributed by atoms with Crippen molar-refractivity contribution in [3.05, 3.63) is 45.5 Å². The van der Waals surface area contributed by atoms with Crippen molar-refractivity contribution >= 4 is 34.5 Å². The molecule has 0 amide bonds. The number of halogens is 3. The maximum absolute atomic E-state index is 12.8. The highest BCUT2D eigenvalue weighted by atomic mass is 35.5. The molecule has 0 aliphatic carbocycles. The molecule has 4 heteroatoms. The predicted molar refractivity (Wildman–Crippen MR) is 59.7 cm³/mol. The topological polar surface area (TPSA) is 0 Å². The van der Waals surface area contributed by atoms with Gasteiger partial charge in [-0.1, -0.05) is 23.2 Å². The second-order valence-corrected chi connectivity index (χ2v) is 4.45. The van der Waals surface area contributed by atoms with Crippen LogP contribution in [0, 0.1) is 5.82 Å². The average Bonchev–Trinajstić information content (AvgIpc) is 2.52. The summed E-state index contributed by atoms with van der Waals surface area (Å²) in [5.74, 6) is -0.341. The zero-order chi connectivity index (χ0) is 10.1. The summed E-state index contributed by atoms with van der Waals surface area (Å²) in [6, 6.07) is 6.08. The largest absolute Gasteiger partial charge is 0.207 e. The molecule has 0 spiro atoms. The Balaban J connectivity index is 2.58. The SMILES string of the molecule is Fc1ccc(-c2sccc2Cl)c(Cl)c1. The number of hydrogen-bond acceptors (Lipinski definition) is 1. The molecule has 2 aromatic rings. The van der Waals surface area contributed by atoms with Crippen LogP contribution >= 0.6 is 34.5 Å². The van der Waals surface area contributed by atoms with E-state index in [0.29, 0.717) is 10.0 Å². The van der Waals surface area contributed by atoms with Crippen LogP contribution in [0.3, 0.4) is 0 Å². The fourth-order valence-corrected chi connectivity index (χ4v) is 2.68. The molecule has 0 aliphatic rings. The van der Waals surface area contributed by atoms with Crippen LogP contribution in [0.2, 0.25) is 10.0 Å². The molecule has 1 aromatic carbocycles. The van der Waals surface area contributed by atoms with Gasteiger partial charge in [0.15, 0.2) is 0 Å². The van der Waals surface area contributed by atoms with Gasteiger partial charge in [-0.05, 0) is 29.6 Å². The molecular formula is C10H5Cl2FS. The molecule has 0 saturated carbocycles. The molecule has 0 fully saturated rings. The molecule has 0 N–H and O–H groups in total. The van der Waals surface area contributed by atoms with Gasteiger partial charge in [-0.2, -0.15) is 0 Å². The fraction of sp³-hybridized carbons (Fsp3) is 0. The van der Waals surface area contributed by atoms with Crippen molar-refractivity contribution in [1.29, 1.82) is 0 Å². The van der Waals surface area contributed by atoms with Gasteiger partial charge >= 0.3 is 0 Å². The lowest BCUT2D eigenvalue weighted by Gasteiger charge is -2.01. The lowest BCUT2D eigenvalue weighted by atomic mass is 10.2. The number of hydrogen-bond donors (Lipinski definition) is 0. The Kier molecular flexibility index (Phi) is 2.77. The van der Waals surface area contributed by atoms with Crippen molar-refractivity contribution in [2.45, 2.75) is 0 Å². The third-order valence-electron chi connectivity index (χ3n) is 1.79. The van der Waals surface area contributed by atoms with E-state index in [0.717, 1.165) is 10.4 Å². The molecule has 0 radical (unpaired) electrons. The van der Waals surface area contributed by atoms with Gasteiger partial charge < -0.3 is 0 Å². The van der Waals surface area contributed by atoms with E-state index in [1.54, 1.807) is 12.1 Å². The Morgan fingerprint density at radius 3 is 2.43 bits per heavy atom. The van der Waals surface area contributed by atoms with E-state index in [2.05, 4.69) is 0 Å². The molecule has 14 heavy (non-hydrogen) atoms. The van der Waals surface area contributed by atoms with E-state index in [9.17, 15) is 4.39 Å². The van der Waals surface area contributed by atoms with Gasteiger partial charge in [0.05, 0.1) is 14.9 Å². The minimum atomic E-state index is -0.341. The first-order chi connectivity index (χ1) is 6.68. The first-order valence-electron chi connectivity index (χ1n) is 3.87. The smallest absolute Gasteiger partial charge is 0.124 e. The summed E-state index contributed by atoms with van der Waals surface area (Å²) in [6.07, 6.45) is 0. The van der Waals surface area contributed by atoms with Gasteiger partial charge in [-0.3, -0.25) is 0 Å². The molecule has 72 valence electrons. The third kappa shape index (κ3) is 1.78. The highest BCUT2D eigenvalue weighted by Gasteiger charge is 2.09. The molecule has 0 bridgehead atoms. The lowest BCUT2D eigenvalue weighted by molar-refractivity contribution is 0.628. The van der Waals surface area contributed by atoms with E-state index in [4.69, 9.17) is 23.2 Å². The van der Waals surface area contributed by atoms with Crippen LogP contribution in [0.15, 0.2) is 29.6 Å². The van der Waals surface area contributed by atoms with Gasteiger partial charge in [0.25, 0.3) is 0 Å². The quantitative estimate of drug-likeness (QED) is 0.674. The summed E-state index contributed by atoms with van der Waals surface area (Å²) >= 11 is 13.3. The summed E-state index contributed by atoms with van der Waals surface area (Å²) in [7, 11) is 0. The Hall–Kier alpha value is -0.570. The molecule has 1 aromatic heterocycles. The summed E-state index contributed by atoms with van der Waals surface area (Å²) in [6.45, 7) is 0. The number of thiophene rings is 1. The van der Waals surface area contributed by atoms with Crippen LogP contribution < -0.4 is 0 Å². The Bertz CT molecular complexity index is 465. The second kappa shape index (κ2) is 3.89. The first kappa shape index (κ1) is 9.97.